The first-order valence-electron chi connectivity index (χ1n) is 7.05. The van der Waals surface area contributed by atoms with Gasteiger partial charge in [-0.15, -0.1) is 0 Å². The number of hydrogen-bond acceptors (Lipinski definition) is 5. The van der Waals surface area contributed by atoms with Crippen LogP contribution in [-0.4, -0.2) is 30.0 Å². The maximum absolute atomic E-state index is 11.5. The highest BCUT2D eigenvalue weighted by molar-refractivity contribution is 5.77. The number of hydrogen-bond donors (Lipinski definition) is 4. The second kappa shape index (κ2) is 7.77. The number of nitro groups is 1. The third kappa shape index (κ3) is 5.18. The van der Waals surface area contributed by atoms with E-state index in [1.807, 2.05) is 5.43 Å². The minimum atomic E-state index is -0.746. The number of nitrogens with one attached hydrogen (secondary N) is 1. The maximum Gasteiger partial charge on any atom is 0.251 e. The van der Waals surface area contributed by atoms with Crippen molar-refractivity contribution in [1.29, 1.82) is 0 Å². The molecule has 0 spiro atoms. The van der Waals surface area contributed by atoms with Crippen LogP contribution in [0.4, 0.5) is 0 Å². The minimum Gasteiger partial charge on any atom is -0.369 e. The number of carbonyl (C=O) groups excluding carboxylic acids is 1. The number of carbonyl (C=O) groups is 1. The van der Waals surface area contributed by atoms with Crippen LogP contribution in [0.2, 0.25) is 0 Å². The molecule has 0 aromatic rings. The Kier molecular flexibility index (Phi) is 6.35. The number of hydrazine groups is 1. The summed E-state index contributed by atoms with van der Waals surface area (Å²) in [7, 11) is 0. The van der Waals surface area contributed by atoms with E-state index in [9.17, 15) is 14.9 Å². The second-order valence-electron chi connectivity index (χ2n) is 5.65. The molecule has 0 aliphatic heterocycles. The molecule has 4 atom stereocenters. The van der Waals surface area contributed by atoms with Gasteiger partial charge in [-0.05, 0) is 43.6 Å². The van der Waals surface area contributed by atoms with Crippen LogP contribution >= 0.6 is 0 Å². The van der Waals surface area contributed by atoms with Crippen LogP contribution in [0.3, 0.4) is 0 Å². The molecule has 1 amide bonds. The Hall–Kier alpha value is -1.90. The maximum atomic E-state index is 11.5. The third-order valence-electron chi connectivity index (χ3n) is 4.20. The number of primary amides is 1. The molecular weight excluding hydrogens is 276 g/mol. The second-order valence-corrected chi connectivity index (χ2v) is 5.65. The average molecular weight is 300 g/mol. The molecule has 0 aromatic heterocycles. The minimum absolute atomic E-state index is 0.200. The molecule has 0 bridgehead atoms. The topological polar surface area (TPSA) is 163 Å². The van der Waals surface area contributed by atoms with Gasteiger partial charge in [-0.2, -0.15) is 0 Å². The van der Waals surface area contributed by atoms with Crippen LogP contribution in [0.25, 0.3) is 0 Å². The molecule has 1 fully saturated rings. The van der Waals surface area contributed by atoms with Gasteiger partial charge in [0.2, 0.25) is 5.91 Å². The van der Waals surface area contributed by atoms with E-state index in [4.69, 9.17) is 17.2 Å². The van der Waals surface area contributed by atoms with Crippen molar-refractivity contribution < 1.29 is 9.83 Å². The van der Waals surface area contributed by atoms with Gasteiger partial charge in [0.05, 0.1) is 0 Å². The van der Waals surface area contributed by atoms with Crippen molar-refractivity contribution in [2.75, 3.05) is 13.1 Å². The molecule has 0 aromatic carbocycles. The summed E-state index contributed by atoms with van der Waals surface area (Å²) in [6, 6.07) is 0. The summed E-state index contributed by atoms with van der Waals surface area (Å²) in [5.41, 5.74) is 18.2. The van der Waals surface area contributed by atoms with Gasteiger partial charge in [-0.3, -0.25) is 4.79 Å². The number of amides is 1. The van der Waals surface area contributed by atoms with E-state index in [-0.39, 0.29) is 29.6 Å². The molecule has 0 saturated heterocycles. The summed E-state index contributed by atoms with van der Waals surface area (Å²) < 4.78 is 0. The van der Waals surface area contributed by atoms with Gasteiger partial charge in [-0.1, -0.05) is 12.3 Å². The summed E-state index contributed by atoms with van der Waals surface area (Å²) in [6.07, 6.45) is 2.29. The first-order chi connectivity index (χ1) is 9.85. The van der Waals surface area contributed by atoms with E-state index in [0.29, 0.717) is 25.4 Å². The highest BCUT2D eigenvalue weighted by Crippen LogP contribution is 2.41. The summed E-state index contributed by atoms with van der Waals surface area (Å²) in [4.78, 5) is 25.7. The van der Waals surface area contributed by atoms with Crippen molar-refractivity contribution in [2.24, 2.45) is 45.9 Å². The Balaban J connectivity index is 2.59. The number of nitrogens with zero attached hydrogens (tertiary/aromatic N) is 2. The first kappa shape index (κ1) is 17.2. The van der Waals surface area contributed by atoms with Gasteiger partial charge in [0.1, 0.15) is 0 Å². The monoisotopic (exact) mass is 300 g/mol. The van der Waals surface area contributed by atoms with Crippen molar-refractivity contribution in [1.82, 2.24) is 5.43 Å². The van der Waals surface area contributed by atoms with E-state index >= 15 is 0 Å². The van der Waals surface area contributed by atoms with Crippen LogP contribution in [0, 0.1) is 33.8 Å². The lowest BCUT2D eigenvalue weighted by Gasteiger charge is -2.19. The molecule has 9 heteroatoms. The highest BCUT2D eigenvalue weighted by atomic mass is 16.7. The van der Waals surface area contributed by atoms with Gasteiger partial charge < -0.3 is 17.2 Å². The number of aliphatic imine (C=N–C) groups is 1. The Morgan fingerprint density at radius 3 is 2.67 bits per heavy atom. The van der Waals surface area contributed by atoms with E-state index in [1.54, 1.807) is 0 Å². The average Bonchev–Trinajstić information content (AvgIpc) is 2.73. The SMILES string of the molecule is CC1CC(C(CCN)C(N)=O)CC1CN=C(N)N[N+](=O)[O-]. The fourth-order valence-electron chi connectivity index (χ4n) is 3.10. The van der Waals surface area contributed by atoms with Gasteiger partial charge in [0.15, 0.2) is 5.03 Å². The smallest absolute Gasteiger partial charge is 0.251 e. The molecule has 1 aliphatic rings. The molecule has 1 saturated carbocycles. The van der Waals surface area contributed by atoms with Gasteiger partial charge in [0, 0.05) is 12.5 Å². The van der Waals surface area contributed by atoms with Gasteiger partial charge in [0.25, 0.3) is 5.96 Å². The van der Waals surface area contributed by atoms with Crippen LogP contribution in [0.5, 0.6) is 0 Å². The van der Waals surface area contributed by atoms with Crippen molar-refractivity contribution in [3.8, 4) is 0 Å². The fourth-order valence-corrected chi connectivity index (χ4v) is 3.10. The summed E-state index contributed by atoms with van der Waals surface area (Å²) in [6.45, 7) is 2.91. The van der Waals surface area contributed by atoms with Crippen molar-refractivity contribution in [2.45, 2.75) is 26.2 Å². The van der Waals surface area contributed by atoms with Crippen LogP contribution < -0.4 is 22.6 Å². The van der Waals surface area contributed by atoms with Gasteiger partial charge >= 0.3 is 0 Å². The molecular formula is C12H24N6O3. The van der Waals surface area contributed by atoms with Gasteiger partial charge in [-0.25, -0.2) is 15.1 Å². The Morgan fingerprint density at radius 2 is 2.14 bits per heavy atom. The molecule has 1 aliphatic carbocycles. The van der Waals surface area contributed by atoms with Crippen molar-refractivity contribution >= 4 is 11.9 Å². The van der Waals surface area contributed by atoms with Crippen LogP contribution in [-0.2, 0) is 4.79 Å². The lowest BCUT2D eigenvalue weighted by Crippen LogP contribution is -2.36. The molecule has 21 heavy (non-hydrogen) atoms. The summed E-state index contributed by atoms with van der Waals surface area (Å²) in [5, 5.41) is 9.48. The molecule has 120 valence electrons. The lowest BCUT2D eigenvalue weighted by molar-refractivity contribution is -0.525. The van der Waals surface area contributed by atoms with Crippen LogP contribution in [0.1, 0.15) is 26.2 Å². The lowest BCUT2D eigenvalue weighted by atomic mass is 9.86. The number of rotatable bonds is 7. The zero-order chi connectivity index (χ0) is 16.0. The van der Waals surface area contributed by atoms with Crippen molar-refractivity contribution in [3.63, 3.8) is 0 Å². The third-order valence-corrected chi connectivity index (χ3v) is 4.20. The molecule has 7 N–H and O–H groups in total. The fraction of sp³-hybridized carbons (Fsp3) is 0.833. The Morgan fingerprint density at radius 1 is 1.48 bits per heavy atom. The summed E-state index contributed by atoms with van der Waals surface area (Å²) >= 11 is 0. The van der Waals surface area contributed by atoms with E-state index in [0.717, 1.165) is 12.8 Å². The van der Waals surface area contributed by atoms with E-state index in [2.05, 4.69) is 11.9 Å². The standard InChI is InChI=1S/C12H24N6O3/c1-7-4-8(10(2-3-13)11(14)19)5-9(7)6-16-12(15)17-18(20)21/h7-10H,2-6,13H2,1H3,(H2,14,19)(H3,15,16,17). The molecule has 0 heterocycles. The zero-order valence-electron chi connectivity index (χ0n) is 12.2. The molecule has 9 nitrogen and oxygen atoms in total. The van der Waals surface area contributed by atoms with Crippen molar-refractivity contribution in [3.05, 3.63) is 10.1 Å². The van der Waals surface area contributed by atoms with E-state index in [1.165, 1.54) is 0 Å². The predicted octanol–water partition coefficient (Wildman–Crippen LogP) is -0.805. The number of guanidine groups is 1. The molecule has 1 rings (SSSR count). The quantitative estimate of drug-likeness (QED) is 0.208. The Bertz CT molecular complexity index is 414. The largest absolute Gasteiger partial charge is 0.369 e. The molecule has 0 radical (unpaired) electrons. The van der Waals surface area contributed by atoms with Crippen LogP contribution in [0.15, 0.2) is 4.99 Å². The highest BCUT2D eigenvalue weighted by Gasteiger charge is 2.37. The predicted molar refractivity (Wildman–Crippen MR) is 78.4 cm³/mol. The Labute approximate surface area is 123 Å². The normalized spacial score (nSPS) is 27.3. The zero-order valence-corrected chi connectivity index (χ0v) is 12.2. The number of nitrogens with two attached hydrogens (primary N) is 3. The summed E-state index contributed by atoms with van der Waals surface area (Å²) in [5.74, 6) is 0.0792. The van der Waals surface area contributed by atoms with E-state index < -0.39 is 5.03 Å². The first-order valence-corrected chi connectivity index (χ1v) is 7.05. The molecule has 4 unspecified atom stereocenters.